The minimum atomic E-state index is 0.329. The molecule has 1 aromatic rings. The van der Waals surface area contributed by atoms with Gasteiger partial charge in [-0.15, -0.1) is 11.3 Å². The average molecular weight is 181 g/mol. The second-order valence-corrected chi connectivity index (χ2v) is 5.11. The Morgan fingerprint density at radius 2 is 2.33 bits per heavy atom. The molecule has 2 heterocycles. The van der Waals surface area contributed by atoms with Gasteiger partial charge in [-0.1, -0.05) is 13.8 Å². The van der Waals surface area contributed by atoms with E-state index >= 15 is 0 Å². The van der Waals surface area contributed by atoms with Gasteiger partial charge in [-0.3, -0.25) is 0 Å². The minimum absolute atomic E-state index is 0.329. The molecule has 0 amide bonds. The molecule has 1 aliphatic heterocycles. The summed E-state index contributed by atoms with van der Waals surface area (Å²) in [5.74, 6) is 0. The van der Waals surface area contributed by atoms with Crippen molar-refractivity contribution in [3.05, 3.63) is 21.9 Å². The van der Waals surface area contributed by atoms with Gasteiger partial charge < -0.3 is 5.32 Å². The summed E-state index contributed by atoms with van der Waals surface area (Å²) in [4.78, 5) is 1.56. The van der Waals surface area contributed by atoms with Crippen molar-refractivity contribution in [3.63, 3.8) is 0 Å². The SMILES string of the molecule is CC1NCC(C)(C)c2sccc21. The lowest BCUT2D eigenvalue weighted by Crippen LogP contribution is -2.39. The van der Waals surface area contributed by atoms with Crippen LogP contribution in [0.1, 0.15) is 37.3 Å². The zero-order valence-corrected chi connectivity index (χ0v) is 8.66. The van der Waals surface area contributed by atoms with Gasteiger partial charge in [0.2, 0.25) is 0 Å². The highest BCUT2D eigenvalue weighted by Gasteiger charge is 2.31. The first-order chi connectivity index (χ1) is 5.61. The first-order valence-electron chi connectivity index (χ1n) is 4.42. The summed E-state index contributed by atoms with van der Waals surface area (Å²) in [7, 11) is 0. The van der Waals surface area contributed by atoms with Gasteiger partial charge in [-0.05, 0) is 23.9 Å². The highest BCUT2D eigenvalue weighted by atomic mass is 32.1. The molecule has 0 aliphatic carbocycles. The number of rotatable bonds is 0. The van der Waals surface area contributed by atoms with Crippen LogP contribution in [-0.2, 0) is 5.41 Å². The summed E-state index contributed by atoms with van der Waals surface area (Å²) >= 11 is 1.90. The molecule has 2 heteroatoms. The first-order valence-corrected chi connectivity index (χ1v) is 5.30. The third-order valence-electron chi connectivity index (χ3n) is 2.63. The molecule has 0 bridgehead atoms. The number of hydrogen-bond acceptors (Lipinski definition) is 2. The Bertz CT molecular complexity index is 288. The molecule has 66 valence electrons. The van der Waals surface area contributed by atoms with Crippen molar-refractivity contribution < 1.29 is 0 Å². The number of fused-ring (bicyclic) bond motifs is 1. The molecule has 0 fully saturated rings. The molecule has 0 radical (unpaired) electrons. The van der Waals surface area contributed by atoms with Gasteiger partial charge in [0.1, 0.15) is 0 Å². The Balaban J connectivity index is 2.50. The summed E-state index contributed by atoms with van der Waals surface area (Å²) in [5.41, 5.74) is 1.83. The van der Waals surface area contributed by atoms with Crippen LogP contribution in [0.4, 0.5) is 0 Å². The smallest absolute Gasteiger partial charge is 0.0303 e. The maximum atomic E-state index is 3.52. The van der Waals surface area contributed by atoms with E-state index in [-0.39, 0.29) is 0 Å². The van der Waals surface area contributed by atoms with Gasteiger partial charge >= 0.3 is 0 Å². The molecule has 1 nitrogen and oxygen atoms in total. The number of thiophene rings is 1. The van der Waals surface area contributed by atoms with Crippen LogP contribution in [0.3, 0.4) is 0 Å². The summed E-state index contributed by atoms with van der Waals surface area (Å²) < 4.78 is 0. The maximum Gasteiger partial charge on any atom is 0.0303 e. The third-order valence-corrected chi connectivity index (χ3v) is 3.92. The fourth-order valence-electron chi connectivity index (χ4n) is 1.81. The van der Waals surface area contributed by atoms with E-state index in [2.05, 4.69) is 37.5 Å². The van der Waals surface area contributed by atoms with Gasteiger partial charge in [0.25, 0.3) is 0 Å². The standard InChI is InChI=1S/C10H15NS/c1-7-8-4-5-12-9(8)10(2,3)6-11-7/h4-5,7,11H,6H2,1-3H3. The van der Waals surface area contributed by atoms with Crippen LogP contribution < -0.4 is 5.32 Å². The van der Waals surface area contributed by atoms with Crippen molar-refractivity contribution in [1.82, 2.24) is 5.32 Å². The van der Waals surface area contributed by atoms with Gasteiger partial charge in [-0.2, -0.15) is 0 Å². The lowest BCUT2D eigenvalue weighted by atomic mass is 9.84. The Hall–Kier alpha value is -0.340. The van der Waals surface area contributed by atoms with E-state index in [1.807, 2.05) is 11.3 Å². The predicted molar refractivity (Wildman–Crippen MR) is 53.8 cm³/mol. The van der Waals surface area contributed by atoms with E-state index in [0.29, 0.717) is 11.5 Å². The van der Waals surface area contributed by atoms with Crippen LogP contribution in [0.5, 0.6) is 0 Å². The Labute approximate surface area is 77.8 Å². The maximum absolute atomic E-state index is 3.52. The molecule has 1 aromatic heterocycles. The van der Waals surface area contributed by atoms with E-state index in [9.17, 15) is 0 Å². The second kappa shape index (κ2) is 2.57. The summed E-state index contributed by atoms with van der Waals surface area (Å²) in [5, 5.41) is 5.73. The van der Waals surface area contributed by atoms with Crippen molar-refractivity contribution in [3.8, 4) is 0 Å². The van der Waals surface area contributed by atoms with E-state index < -0.39 is 0 Å². The minimum Gasteiger partial charge on any atom is -0.309 e. The zero-order chi connectivity index (χ0) is 8.77. The number of hydrogen-bond donors (Lipinski definition) is 1. The van der Waals surface area contributed by atoms with Crippen molar-refractivity contribution in [2.45, 2.75) is 32.2 Å². The van der Waals surface area contributed by atoms with Crippen LogP contribution in [-0.4, -0.2) is 6.54 Å². The highest BCUT2D eigenvalue weighted by Crippen LogP contribution is 2.37. The lowest BCUT2D eigenvalue weighted by Gasteiger charge is -2.34. The Morgan fingerprint density at radius 3 is 3.00 bits per heavy atom. The topological polar surface area (TPSA) is 12.0 Å². The summed E-state index contributed by atoms with van der Waals surface area (Å²) in [6.45, 7) is 7.95. The van der Waals surface area contributed by atoms with Crippen LogP contribution in [0.25, 0.3) is 0 Å². The van der Waals surface area contributed by atoms with Crippen molar-refractivity contribution in [2.24, 2.45) is 0 Å². The van der Waals surface area contributed by atoms with Gasteiger partial charge in [0.05, 0.1) is 0 Å². The van der Waals surface area contributed by atoms with Gasteiger partial charge in [0.15, 0.2) is 0 Å². The van der Waals surface area contributed by atoms with Gasteiger partial charge in [-0.25, -0.2) is 0 Å². The molecular formula is C10H15NS. The molecule has 1 unspecified atom stereocenters. The summed E-state index contributed by atoms with van der Waals surface area (Å²) in [6, 6.07) is 2.79. The van der Waals surface area contributed by atoms with Crippen LogP contribution in [0.2, 0.25) is 0 Å². The average Bonchev–Trinajstić information content (AvgIpc) is 2.46. The largest absolute Gasteiger partial charge is 0.309 e. The molecular weight excluding hydrogens is 166 g/mol. The van der Waals surface area contributed by atoms with E-state index in [1.165, 1.54) is 5.56 Å². The van der Waals surface area contributed by atoms with E-state index in [4.69, 9.17) is 0 Å². The fourth-order valence-corrected chi connectivity index (χ4v) is 2.93. The first kappa shape index (κ1) is 8.27. The normalized spacial score (nSPS) is 26.8. The zero-order valence-electron chi connectivity index (χ0n) is 7.85. The molecule has 2 rings (SSSR count). The molecule has 12 heavy (non-hydrogen) atoms. The van der Waals surface area contributed by atoms with Crippen molar-refractivity contribution in [1.29, 1.82) is 0 Å². The fraction of sp³-hybridized carbons (Fsp3) is 0.600. The molecule has 0 saturated heterocycles. The Kier molecular flexibility index (Phi) is 1.77. The molecule has 0 saturated carbocycles. The Morgan fingerprint density at radius 1 is 1.58 bits per heavy atom. The van der Waals surface area contributed by atoms with Crippen molar-refractivity contribution >= 4 is 11.3 Å². The van der Waals surface area contributed by atoms with Crippen molar-refractivity contribution in [2.75, 3.05) is 6.54 Å². The summed E-state index contributed by atoms with van der Waals surface area (Å²) in [6.07, 6.45) is 0. The molecule has 1 N–H and O–H groups in total. The molecule has 1 aliphatic rings. The predicted octanol–water partition coefficient (Wildman–Crippen LogP) is 2.69. The van der Waals surface area contributed by atoms with E-state index in [1.54, 1.807) is 4.88 Å². The van der Waals surface area contributed by atoms with E-state index in [0.717, 1.165) is 6.54 Å². The monoisotopic (exact) mass is 181 g/mol. The number of nitrogens with one attached hydrogen (secondary N) is 1. The van der Waals surface area contributed by atoms with Crippen LogP contribution >= 0.6 is 11.3 Å². The highest BCUT2D eigenvalue weighted by molar-refractivity contribution is 7.10. The molecule has 0 spiro atoms. The lowest BCUT2D eigenvalue weighted by molar-refractivity contribution is 0.404. The quantitative estimate of drug-likeness (QED) is 0.649. The second-order valence-electron chi connectivity index (χ2n) is 4.19. The van der Waals surface area contributed by atoms with Gasteiger partial charge in [0, 0.05) is 22.9 Å². The van der Waals surface area contributed by atoms with Crippen LogP contribution in [0.15, 0.2) is 11.4 Å². The third kappa shape index (κ3) is 1.10. The molecule has 1 atom stereocenters. The van der Waals surface area contributed by atoms with Crippen LogP contribution in [0, 0.1) is 0 Å². The molecule has 0 aromatic carbocycles.